The molecule has 28 heavy (non-hydrogen) atoms. The van der Waals surface area contributed by atoms with Crippen LogP contribution in [-0.4, -0.2) is 47.0 Å². The van der Waals surface area contributed by atoms with Crippen LogP contribution in [0.5, 0.6) is 0 Å². The van der Waals surface area contributed by atoms with Crippen molar-refractivity contribution in [1.29, 1.82) is 0 Å². The van der Waals surface area contributed by atoms with Crippen LogP contribution in [0, 0.1) is 0 Å². The van der Waals surface area contributed by atoms with Gasteiger partial charge in [-0.3, -0.25) is 4.68 Å². The molecule has 7 heteroatoms. The highest BCUT2D eigenvalue weighted by Gasteiger charge is 2.25. The van der Waals surface area contributed by atoms with E-state index in [1.165, 1.54) is 5.69 Å². The van der Waals surface area contributed by atoms with E-state index in [0.717, 1.165) is 30.8 Å². The average Bonchev–Trinajstić information content (AvgIpc) is 3.37. The van der Waals surface area contributed by atoms with E-state index in [0.29, 0.717) is 19.0 Å². The van der Waals surface area contributed by atoms with E-state index in [-0.39, 0.29) is 0 Å². The third-order valence-electron chi connectivity index (χ3n) is 4.81. The number of anilines is 1. The third-order valence-corrected chi connectivity index (χ3v) is 4.81. The Balaban J connectivity index is 1.59. The van der Waals surface area contributed by atoms with Crippen LogP contribution in [0.2, 0.25) is 0 Å². The normalized spacial score (nSPS) is 16.3. The monoisotopic (exact) mass is 382 g/mol. The SMILES string of the molecule is CCNC(=NCc1ccc(N2CC=CC2)cc1)NCC(C)(O)c1cnn(C)c1. The molecule has 0 radical (unpaired) electrons. The Labute approximate surface area is 166 Å². The van der Waals surface area contributed by atoms with Crippen LogP contribution in [0.15, 0.2) is 53.8 Å². The lowest BCUT2D eigenvalue weighted by atomic mass is 10.00. The molecular weight excluding hydrogens is 352 g/mol. The van der Waals surface area contributed by atoms with E-state index in [1.54, 1.807) is 17.8 Å². The molecule has 1 aliphatic rings. The van der Waals surface area contributed by atoms with Crippen molar-refractivity contribution in [3.63, 3.8) is 0 Å². The topological polar surface area (TPSA) is 77.7 Å². The summed E-state index contributed by atoms with van der Waals surface area (Å²) in [6.45, 7) is 7.41. The van der Waals surface area contributed by atoms with Gasteiger partial charge in [-0.05, 0) is 31.5 Å². The smallest absolute Gasteiger partial charge is 0.191 e. The zero-order valence-corrected chi connectivity index (χ0v) is 16.9. The summed E-state index contributed by atoms with van der Waals surface area (Å²) in [5, 5.41) is 21.3. The average molecular weight is 383 g/mol. The second kappa shape index (κ2) is 8.93. The van der Waals surface area contributed by atoms with E-state index >= 15 is 0 Å². The Hall–Kier alpha value is -2.80. The van der Waals surface area contributed by atoms with Crippen LogP contribution in [0.25, 0.3) is 0 Å². The van der Waals surface area contributed by atoms with E-state index in [4.69, 9.17) is 0 Å². The van der Waals surface area contributed by atoms with Crippen LogP contribution < -0.4 is 15.5 Å². The minimum Gasteiger partial charge on any atom is -0.383 e. The number of aliphatic hydroxyl groups is 1. The maximum Gasteiger partial charge on any atom is 0.191 e. The molecule has 1 aliphatic heterocycles. The summed E-state index contributed by atoms with van der Waals surface area (Å²) in [5.74, 6) is 0.680. The van der Waals surface area contributed by atoms with Crippen LogP contribution in [0.4, 0.5) is 5.69 Å². The first-order valence-electron chi connectivity index (χ1n) is 9.70. The van der Waals surface area contributed by atoms with Gasteiger partial charge in [0.2, 0.25) is 0 Å². The number of aromatic nitrogens is 2. The second-order valence-electron chi connectivity index (χ2n) is 7.27. The summed E-state index contributed by atoms with van der Waals surface area (Å²) >= 11 is 0. The Morgan fingerprint density at radius 1 is 1.21 bits per heavy atom. The minimum absolute atomic E-state index is 0.339. The molecule has 1 unspecified atom stereocenters. The summed E-state index contributed by atoms with van der Waals surface area (Å²) in [4.78, 5) is 6.97. The predicted molar refractivity (Wildman–Crippen MR) is 113 cm³/mol. The number of nitrogens with one attached hydrogen (secondary N) is 2. The van der Waals surface area contributed by atoms with E-state index in [2.05, 4.69) is 62.0 Å². The van der Waals surface area contributed by atoms with Gasteiger partial charge in [0.05, 0.1) is 19.3 Å². The van der Waals surface area contributed by atoms with Gasteiger partial charge in [0, 0.05) is 44.1 Å². The molecule has 7 nitrogen and oxygen atoms in total. The molecule has 0 saturated carbocycles. The van der Waals surface area contributed by atoms with Crippen molar-refractivity contribution >= 4 is 11.6 Å². The number of hydrogen-bond acceptors (Lipinski definition) is 4. The van der Waals surface area contributed by atoms with E-state index < -0.39 is 5.60 Å². The van der Waals surface area contributed by atoms with Crippen LogP contribution in [0.1, 0.15) is 25.0 Å². The fourth-order valence-electron chi connectivity index (χ4n) is 3.07. The molecular formula is C21H30N6O. The molecule has 3 rings (SSSR count). The summed E-state index contributed by atoms with van der Waals surface area (Å²) in [5.41, 5.74) is 2.11. The Morgan fingerprint density at radius 3 is 2.54 bits per heavy atom. The molecule has 0 fully saturated rings. The highest BCUT2D eigenvalue weighted by atomic mass is 16.3. The Kier molecular flexibility index (Phi) is 6.36. The molecule has 0 saturated heterocycles. The Bertz CT molecular complexity index is 814. The zero-order chi connectivity index (χ0) is 20.0. The molecule has 150 valence electrons. The fourth-order valence-corrected chi connectivity index (χ4v) is 3.07. The predicted octanol–water partition coefficient (Wildman–Crippen LogP) is 1.76. The van der Waals surface area contributed by atoms with Crippen molar-refractivity contribution in [2.24, 2.45) is 12.0 Å². The van der Waals surface area contributed by atoms with Crippen molar-refractivity contribution in [3.05, 3.63) is 59.9 Å². The maximum absolute atomic E-state index is 10.7. The van der Waals surface area contributed by atoms with Gasteiger partial charge in [0.1, 0.15) is 5.60 Å². The van der Waals surface area contributed by atoms with Gasteiger partial charge >= 0.3 is 0 Å². The van der Waals surface area contributed by atoms with Gasteiger partial charge in [0.25, 0.3) is 0 Å². The minimum atomic E-state index is -1.03. The van der Waals surface area contributed by atoms with Crippen molar-refractivity contribution in [3.8, 4) is 0 Å². The maximum atomic E-state index is 10.7. The van der Waals surface area contributed by atoms with Gasteiger partial charge in [-0.2, -0.15) is 5.10 Å². The molecule has 3 N–H and O–H groups in total. The summed E-state index contributed by atoms with van der Waals surface area (Å²) < 4.78 is 1.69. The standard InChI is InChI=1S/C21H30N6O/c1-4-22-20(24-16-21(2,28)18-14-25-26(3)15-18)23-13-17-7-9-19(10-8-17)27-11-5-6-12-27/h5-10,14-15,28H,4,11-13,16H2,1-3H3,(H2,22,23,24). The summed E-state index contributed by atoms with van der Waals surface area (Å²) in [7, 11) is 1.84. The summed E-state index contributed by atoms with van der Waals surface area (Å²) in [6.07, 6.45) is 7.88. The molecule has 0 aliphatic carbocycles. The number of rotatable bonds is 7. The molecule has 2 heterocycles. The van der Waals surface area contributed by atoms with Crippen LogP contribution in [-0.2, 0) is 19.2 Å². The highest BCUT2D eigenvalue weighted by molar-refractivity contribution is 5.79. The van der Waals surface area contributed by atoms with Crippen LogP contribution >= 0.6 is 0 Å². The van der Waals surface area contributed by atoms with Crippen molar-refractivity contribution in [2.75, 3.05) is 31.1 Å². The number of aliphatic imine (C=N–C) groups is 1. The van der Waals surface area contributed by atoms with E-state index in [9.17, 15) is 5.11 Å². The van der Waals surface area contributed by atoms with E-state index in [1.807, 2.05) is 20.2 Å². The zero-order valence-electron chi connectivity index (χ0n) is 16.9. The summed E-state index contributed by atoms with van der Waals surface area (Å²) in [6, 6.07) is 8.52. The number of guanidine groups is 1. The first-order chi connectivity index (χ1) is 13.5. The van der Waals surface area contributed by atoms with Crippen molar-refractivity contribution in [1.82, 2.24) is 20.4 Å². The quantitative estimate of drug-likeness (QED) is 0.386. The molecule has 1 aromatic carbocycles. The van der Waals surface area contributed by atoms with Crippen molar-refractivity contribution < 1.29 is 5.11 Å². The molecule has 0 spiro atoms. The highest BCUT2D eigenvalue weighted by Crippen LogP contribution is 2.19. The lowest BCUT2D eigenvalue weighted by Crippen LogP contribution is -2.44. The number of aryl methyl sites for hydroxylation is 1. The van der Waals surface area contributed by atoms with Gasteiger partial charge in [-0.1, -0.05) is 24.3 Å². The Morgan fingerprint density at radius 2 is 1.93 bits per heavy atom. The molecule has 2 aromatic rings. The largest absolute Gasteiger partial charge is 0.383 e. The van der Waals surface area contributed by atoms with Gasteiger partial charge in [0.15, 0.2) is 5.96 Å². The second-order valence-corrected chi connectivity index (χ2v) is 7.27. The van der Waals surface area contributed by atoms with Crippen LogP contribution in [0.3, 0.4) is 0 Å². The lowest BCUT2D eigenvalue weighted by molar-refractivity contribution is 0.0616. The van der Waals surface area contributed by atoms with Gasteiger partial charge in [-0.25, -0.2) is 4.99 Å². The van der Waals surface area contributed by atoms with Gasteiger partial charge in [-0.15, -0.1) is 0 Å². The van der Waals surface area contributed by atoms with Crippen molar-refractivity contribution in [2.45, 2.75) is 26.0 Å². The fraction of sp³-hybridized carbons (Fsp3) is 0.429. The lowest BCUT2D eigenvalue weighted by Gasteiger charge is -2.23. The molecule has 0 amide bonds. The number of nitrogens with zero attached hydrogens (tertiary/aromatic N) is 4. The molecule has 1 aromatic heterocycles. The first kappa shape index (κ1) is 19.9. The van der Waals surface area contributed by atoms with Gasteiger partial charge < -0.3 is 20.6 Å². The molecule has 0 bridgehead atoms. The first-order valence-corrected chi connectivity index (χ1v) is 9.70. The molecule has 1 atom stereocenters. The third kappa shape index (κ3) is 5.13. The number of benzene rings is 1. The number of hydrogen-bond donors (Lipinski definition) is 3.